The van der Waals surface area contributed by atoms with E-state index in [-0.39, 0.29) is 17.9 Å². The van der Waals surface area contributed by atoms with Gasteiger partial charge in [0.05, 0.1) is 11.7 Å². The van der Waals surface area contributed by atoms with E-state index < -0.39 is 18.1 Å². The number of phenols is 1. The van der Waals surface area contributed by atoms with Crippen LogP contribution in [0.1, 0.15) is 22.8 Å². The van der Waals surface area contributed by atoms with Crippen molar-refractivity contribution in [2.45, 2.75) is 26.0 Å². The van der Waals surface area contributed by atoms with Gasteiger partial charge in [0.2, 0.25) is 0 Å². The minimum atomic E-state index is -0.693. The van der Waals surface area contributed by atoms with Gasteiger partial charge in [-0.15, -0.1) is 0 Å². The monoisotopic (exact) mass is 238 g/mol. The van der Waals surface area contributed by atoms with Crippen LogP contribution in [-0.2, 0) is 0 Å². The second-order valence-electron chi connectivity index (χ2n) is 4.09. The molecule has 0 saturated carbocycles. The molecule has 1 amide bonds. The quantitative estimate of drug-likeness (QED) is 0.600. The number of benzene rings is 1. The fraction of sp³-hybridized carbons (Fsp3) is 0.417. The maximum Gasteiger partial charge on any atom is 0.255 e. The molecule has 0 aliphatic carbocycles. The molecule has 0 radical (unpaired) electrons. The van der Waals surface area contributed by atoms with Crippen LogP contribution in [0.3, 0.4) is 0 Å². The number of aryl methyl sites for hydroxylation is 1. The Balaban J connectivity index is 2.68. The number of para-hydroxylation sites is 1. The molecular weight excluding hydrogens is 220 g/mol. The molecule has 1 aromatic rings. The molecule has 0 spiro atoms. The molecule has 0 saturated heterocycles. The van der Waals surface area contributed by atoms with Crippen molar-refractivity contribution in [1.82, 2.24) is 5.32 Å². The molecule has 0 bridgehead atoms. The largest absolute Gasteiger partial charge is 0.507 e. The minimum Gasteiger partial charge on any atom is -0.507 e. The second kappa shape index (κ2) is 5.65. The zero-order valence-electron chi connectivity index (χ0n) is 9.97. The van der Waals surface area contributed by atoms with Crippen molar-refractivity contribution in [3.05, 3.63) is 29.3 Å². The number of hydrogen-bond acceptors (Lipinski definition) is 4. The normalized spacial score (nSPS) is 14.1. The summed E-state index contributed by atoms with van der Waals surface area (Å²) in [6.07, 6.45) is -0.693. The van der Waals surface area contributed by atoms with Gasteiger partial charge in [-0.1, -0.05) is 12.1 Å². The summed E-state index contributed by atoms with van der Waals surface area (Å²) >= 11 is 0. The van der Waals surface area contributed by atoms with Gasteiger partial charge in [0, 0.05) is 12.6 Å². The molecule has 0 aliphatic rings. The van der Waals surface area contributed by atoms with Crippen LogP contribution in [0.25, 0.3) is 0 Å². The van der Waals surface area contributed by atoms with Crippen molar-refractivity contribution in [1.29, 1.82) is 0 Å². The number of rotatable bonds is 4. The van der Waals surface area contributed by atoms with Crippen molar-refractivity contribution in [2.24, 2.45) is 5.73 Å². The van der Waals surface area contributed by atoms with Gasteiger partial charge >= 0.3 is 0 Å². The highest BCUT2D eigenvalue weighted by Crippen LogP contribution is 2.20. The predicted molar refractivity (Wildman–Crippen MR) is 64.8 cm³/mol. The summed E-state index contributed by atoms with van der Waals surface area (Å²) in [5.41, 5.74) is 6.43. The van der Waals surface area contributed by atoms with E-state index in [0.29, 0.717) is 5.56 Å². The van der Waals surface area contributed by atoms with Crippen molar-refractivity contribution < 1.29 is 15.0 Å². The topological polar surface area (TPSA) is 95.6 Å². The summed E-state index contributed by atoms with van der Waals surface area (Å²) in [4.78, 5) is 11.7. The molecule has 0 aromatic heterocycles. The number of aliphatic hydroxyl groups is 1. The number of carbonyl (C=O) groups is 1. The van der Waals surface area contributed by atoms with E-state index in [9.17, 15) is 15.0 Å². The third kappa shape index (κ3) is 3.44. The van der Waals surface area contributed by atoms with Crippen LogP contribution in [-0.4, -0.2) is 34.8 Å². The highest BCUT2D eigenvalue weighted by Gasteiger charge is 2.15. The zero-order valence-corrected chi connectivity index (χ0v) is 9.97. The molecule has 5 heteroatoms. The molecular formula is C12H18N2O3. The second-order valence-corrected chi connectivity index (χ2v) is 4.09. The number of nitrogens with two attached hydrogens (primary N) is 1. The van der Waals surface area contributed by atoms with Gasteiger partial charge in [-0.2, -0.15) is 0 Å². The van der Waals surface area contributed by atoms with E-state index in [2.05, 4.69) is 5.32 Å². The smallest absolute Gasteiger partial charge is 0.255 e. The molecule has 5 N–H and O–H groups in total. The molecule has 0 aliphatic heterocycles. The Bertz CT molecular complexity index is 405. The molecule has 1 aromatic carbocycles. The Kier molecular flexibility index (Phi) is 4.48. The minimum absolute atomic E-state index is 0.0318. The SMILES string of the molecule is Cc1cccc(C(=O)NCC(N)C(C)O)c1O. The number of carbonyl (C=O) groups excluding carboxylic acids is 1. The summed E-state index contributed by atoms with van der Waals surface area (Å²) in [6.45, 7) is 3.43. The Hall–Kier alpha value is -1.59. The lowest BCUT2D eigenvalue weighted by atomic mass is 10.1. The van der Waals surface area contributed by atoms with Gasteiger partial charge in [0.25, 0.3) is 5.91 Å². The van der Waals surface area contributed by atoms with E-state index in [0.717, 1.165) is 0 Å². The van der Waals surface area contributed by atoms with Crippen LogP contribution in [0, 0.1) is 6.92 Å². The molecule has 2 atom stereocenters. The van der Waals surface area contributed by atoms with Crippen LogP contribution in [0.4, 0.5) is 0 Å². The zero-order chi connectivity index (χ0) is 13.0. The molecule has 5 nitrogen and oxygen atoms in total. The van der Waals surface area contributed by atoms with Crippen LogP contribution in [0.15, 0.2) is 18.2 Å². The van der Waals surface area contributed by atoms with Crippen molar-refractivity contribution >= 4 is 5.91 Å². The van der Waals surface area contributed by atoms with E-state index >= 15 is 0 Å². The Morgan fingerprint density at radius 3 is 2.76 bits per heavy atom. The predicted octanol–water partition coefficient (Wildman–Crippen LogP) is 0.139. The number of aromatic hydroxyl groups is 1. The number of amides is 1. The van der Waals surface area contributed by atoms with Gasteiger partial charge in [0.1, 0.15) is 5.75 Å². The first-order valence-electron chi connectivity index (χ1n) is 5.44. The summed E-state index contributed by atoms with van der Waals surface area (Å²) in [5, 5.41) is 21.4. The van der Waals surface area contributed by atoms with Gasteiger partial charge in [-0.05, 0) is 25.5 Å². The Morgan fingerprint density at radius 2 is 2.18 bits per heavy atom. The van der Waals surface area contributed by atoms with Crippen molar-refractivity contribution in [2.75, 3.05) is 6.54 Å². The number of phenolic OH excluding ortho intramolecular Hbond substituents is 1. The highest BCUT2D eigenvalue weighted by molar-refractivity contribution is 5.97. The van der Waals surface area contributed by atoms with Crippen molar-refractivity contribution in [3.8, 4) is 5.75 Å². The van der Waals surface area contributed by atoms with Gasteiger partial charge < -0.3 is 21.3 Å². The number of aliphatic hydroxyl groups excluding tert-OH is 1. The molecule has 2 unspecified atom stereocenters. The van der Waals surface area contributed by atoms with Crippen molar-refractivity contribution in [3.63, 3.8) is 0 Å². The molecule has 0 fully saturated rings. The highest BCUT2D eigenvalue weighted by atomic mass is 16.3. The Labute approximate surface area is 100 Å². The van der Waals surface area contributed by atoms with Crippen LogP contribution in [0.2, 0.25) is 0 Å². The standard InChI is InChI=1S/C12H18N2O3/c1-7-4-3-5-9(11(7)16)12(17)14-6-10(13)8(2)15/h3-5,8,10,15-16H,6,13H2,1-2H3,(H,14,17). The summed E-state index contributed by atoms with van der Waals surface area (Å²) in [6, 6.07) is 4.42. The third-order valence-corrected chi connectivity index (χ3v) is 2.60. The lowest BCUT2D eigenvalue weighted by Crippen LogP contribution is -2.43. The van der Waals surface area contributed by atoms with Gasteiger partial charge in [0.15, 0.2) is 0 Å². The van der Waals surface area contributed by atoms with Crippen LogP contribution in [0.5, 0.6) is 5.75 Å². The average Bonchev–Trinajstić information content (AvgIpc) is 2.29. The molecule has 17 heavy (non-hydrogen) atoms. The van der Waals surface area contributed by atoms with E-state index in [1.807, 2.05) is 0 Å². The molecule has 0 heterocycles. The lowest BCUT2D eigenvalue weighted by molar-refractivity contribution is 0.0935. The number of hydrogen-bond donors (Lipinski definition) is 4. The number of nitrogens with one attached hydrogen (secondary N) is 1. The first kappa shape index (κ1) is 13.5. The van der Waals surface area contributed by atoms with E-state index in [1.165, 1.54) is 6.07 Å². The first-order valence-corrected chi connectivity index (χ1v) is 5.44. The van der Waals surface area contributed by atoms with Gasteiger partial charge in [-0.3, -0.25) is 4.79 Å². The average molecular weight is 238 g/mol. The first-order chi connectivity index (χ1) is 7.93. The fourth-order valence-corrected chi connectivity index (χ4v) is 1.32. The van der Waals surface area contributed by atoms with E-state index in [4.69, 9.17) is 5.73 Å². The maximum atomic E-state index is 11.7. The summed E-state index contributed by atoms with van der Waals surface area (Å²) < 4.78 is 0. The fourth-order valence-electron chi connectivity index (χ4n) is 1.32. The summed E-state index contributed by atoms with van der Waals surface area (Å²) in [7, 11) is 0. The van der Waals surface area contributed by atoms with Crippen LogP contribution < -0.4 is 11.1 Å². The third-order valence-electron chi connectivity index (χ3n) is 2.60. The maximum absolute atomic E-state index is 11.7. The molecule has 1 rings (SSSR count). The van der Waals surface area contributed by atoms with E-state index in [1.54, 1.807) is 26.0 Å². The molecule has 94 valence electrons. The lowest BCUT2D eigenvalue weighted by Gasteiger charge is -2.15. The van der Waals surface area contributed by atoms with Gasteiger partial charge in [-0.25, -0.2) is 0 Å². The Morgan fingerprint density at radius 1 is 1.53 bits per heavy atom. The van der Waals surface area contributed by atoms with Crippen LogP contribution >= 0.6 is 0 Å². The summed E-state index contributed by atoms with van der Waals surface area (Å²) in [5.74, 6) is -0.432.